The fourth-order valence-corrected chi connectivity index (χ4v) is 4.29. The minimum Gasteiger partial charge on any atom is -0.350 e. The van der Waals surface area contributed by atoms with Gasteiger partial charge in [0.05, 0.1) is 16.7 Å². The van der Waals surface area contributed by atoms with E-state index in [9.17, 15) is 4.79 Å². The Bertz CT molecular complexity index is 499. The van der Waals surface area contributed by atoms with Gasteiger partial charge in [0, 0.05) is 19.2 Å². The molecule has 1 N–H and O–H groups in total. The van der Waals surface area contributed by atoms with Crippen LogP contribution in [0.1, 0.15) is 44.7 Å². The number of hydrogen-bond donors (Lipinski definition) is 1. The Labute approximate surface area is 128 Å². The Morgan fingerprint density at radius 2 is 2.35 bits per heavy atom. The highest BCUT2D eigenvalue weighted by molar-refractivity contribution is 9.10. The van der Waals surface area contributed by atoms with E-state index in [-0.39, 0.29) is 5.91 Å². The lowest BCUT2D eigenvalue weighted by atomic mass is 9.86. The number of aryl methyl sites for hydroxylation is 1. The van der Waals surface area contributed by atoms with E-state index in [2.05, 4.69) is 33.3 Å². The summed E-state index contributed by atoms with van der Waals surface area (Å²) in [5, 5.41) is 7.44. The monoisotopic (exact) mass is 339 g/mol. The minimum absolute atomic E-state index is 0.181. The third kappa shape index (κ3) is 2.92. The van der Waals surface area contributed by atoms with Crippen molar-refractivity contribution in [1.29, 1.82) is 0 Å². The molecule has 0 spiro atoms. The molecule has 2 aliphatic carbocycles. The van der Waals surface area contributed by atoms with Gasteiger partial charge in [-0.15, -0.1) is 0 Å². The Hall–Kier alpha value is -0.840. The molecule has 1 aromatic heterocycles. The maximum Gasteiger partial charge on any atom is 0.220 e. The van der Waals surface area contributed by atoms with Crippen molar-refractivity contribution >= 4 is 21.8 Å². The number of nitrogens with zero attached hydrogens (tertiary/aromatic N) is 2. The van der Waals surface area contributed by atoms with Crippen molar-refractivity contribution in [3.63, 3.8) is 0 Å². The van der Waals surface area contributed by atoms with E-state index in [4.69, 9.17) is 0 Å². The maximum absolute atomic E-state index is 12.1. The van der Waals surface area contributed by atoms with E-state index in [0.29, 0.717) is 18.9 Å². The number of carbonyl (C=O) groups excluding carboxylic acids is 1. The van der Waals surface area contributed by atoms with Crippen LogP contribution in [0.25, 0.3) is 0 Å². The summed E-state index contributed by atoms with van der Waals surface area (Å²) < 4.78 is 2.85. The average Bonchev–Trinajstić information content (AvgIpc) is 3.11. The van der Waals surface area contributed by atoms with Crippen LogP contribution in [0.2, 0.25) is 0 Å². The fourth-order valence-electron chi connectivity index (χ4n) is 3.84. The molecule has 5 heteroatoms. The van der Waals surface area contributed by atoms with Crippen molar-refractivity contribution in [2.75, 3.05) is 0 Å². The molecule has 3 atom stereocenters. The molecule has 1 amide bonds. The number of rotatable bonds is 5. The molecular weight excluding hydrogens is 318 g/mol. The number of fused-ring (bicyclic) bond motifs is 2. The first-order chi connectivity index (χ1) is 9.65. The standard InChI is InChI=1S/C15H22BrN3O/c1-2-19-9-13(16)14(18-19)8-17-15(20)7-12-6-10-3-4-11(12)5-10/h9-12H,2-8H2,1H3,(H,17,20). The third-order valence-corrected chi connectivity index (χ3v) is 5.56. The van der Waals surface area contributed by atoms with Gasteiger partial charge in [-0.25, -0.2) is 0 Å². The van der Waals surface area contributed by atoms with Gasteiger partial charge in [0.2, 0.25) is 5.91 Å². The van der Waals surface area contributed by atoms with Crippen molar-refractivity contribution < 1.29 is 4.79 Å². The predicted octanol–water partition coefficient (Wildman–Crippen LogP) is 3.11. The number of amides is 1. The van der Waals surface area contributed by atoms with Crippen LogP contribution >= 0.6 is 15.9 Å². The summed E-state index contributed by atoms with van der Waals surface area (Å²) >= 11 is 3.49. The van der Waals surface area contributed by atoms with Crippen LogP contribution in [0.5, 0.6) is 0 Å². The van der Waals surface area contributed by atoms with Gasteiger partial charge in [0.1, 0.15) is 0 Å². The molecule has 1 heterocycles. The van der Waals surface area contributed by atoms with E-state index in [1.54, 1.807) is 0 Å². The topological polar surface area (TPSA) is 46.9 Å². The molecule has 3 unspecified atom stereocenters. The molecule has 2 bridgehead atoms. The quantitative estimate of drug-likeness (QED) is 0.895. The summed E-state index contributed by atoms with van der Waals surface area (Å²) in [6.07, 6.45) is 8.03. The van der Waals surface area contributed by atoms with Gasteiger partial charge in [-0.1, -0.05) is 6.42 Å². The SMILES string of the molecule is CCn1cc(Br)c(CNC(=O)CC2CC3CCC2C3)n1. The van der Waals surface area contributed by atoms with Crippen molar-refractivity contribution in [3.8, 4) is 0 Å². The first-order valence-corrected chi connectivity index (χ1v) is 8.43. The molecule has 20 heavy (non-hydrogen) atoms. The first kappa shape index (κ1) is 14.1. The third-order valence-electron chi connectivity index (χ3n) is 4.90. The fraction of sp³-hybridized carbons (Fsp3) is 0.733. The number of hydrogen-bond acceptors (Lipinski definition) is 2. The molecule has 0 radical (unpaired) electrons. The lowest BCUT2D eigenvalue weighted by molar-refractivity contribution is -0.122. The van der Waals surface area contributed by atoms with Crippen LogP contribution in [0.3, 0.4) is 0 Å². The van der Waals surface area contributed by atoms with Crippen LogP contribution in [-0.4, -0.2) is 15.7 Å². The van der Waals surface area contributed by atoms with Gasteiger partial charge in [-0.3, -0.25) is 9.48 Å². The van der Waals surface area contributed by atoms with Gasteiger partial charge >= 0.3 is 0 Å². The zero-order valence-electron chi connectivity index (χ0n) is 11.9. The lowest BCUT2D eigenvalue weighted by Gasteiger charge is -2.20. The second-order valence-electron chi connectivity index (χ2n) is 6.20. The lowest BCUT2D eigenvalue weighted by Crippen LogP contribution is -2.27. The minimum atomic E-state index is 0.181. The molecule has 0 aromatic carbocycles. The Balaban J connectivity index is 1.48. The van der Waals surface area contributed by atoms with Crippen molar-refractivity contribution in [2.24, 2.45) is 17.8 Å². The van der Waals surface area contributed by atoms with Gasteiger partial charge in [0.25, 0.3) is 0 Å². The molecule has 4 nitrogen and oxygen atoms in total. The van der Waals surface area contributed by atoms with E-state index >= 15 is 0 Å². The normalized spacial score (nSPS) is 28.0. The van der Waals surface area contributed by atoms with Gasteiger partial charge < -0.3 is 5.32 Å². The molecule has 0 aliphatic heterocycles. The van der Waals surface area contributed by atoms with Gasteiger partial charge in [-0.05, 0) is 59.9 Å². The highest BCUT2D eigenvalue weighted by Gasteiger charge is 2.40. The molecular formula is C15H22BrN3O. The van der Waals surface area contributed by atoms with Crippen LogP contribution in [0.4, 0.5) is 0 Å². The van der Waals surface area contributed by atoms with Crippen molar-refractivity contribution in [1.82, 2.24) is 15.1 Å². The number of nitrogens with one attached hydrogen (secondary N) is 1. The van der Waals surface area contributed by atoms with E-state index < -0.39 is 0 Å². The molecule has 110 valence electrons. The van der Waals surface area contributed by atoms with E-state index in [0.717, 1.165) is 28.5 Å². The summed E-state index contributed by atoms with van der Waals surface area (Å²) in [4.78, 5) is 12.1. The van der Waals surface area contributed by atoms with Crippen molar-refractivity contribution in [2.45, 2.75) is 52.1 Å². The predicted molar refractivity (Wildman–Crippen MR) is 81.0 cm³/mol. The van der Waals surface area contributed by atoms with Crippen LogP contribution < -0.4 is 5.32 Å². The first-order valence-electron chi connectivity index (χ1n) is 7.64. The molecule has 2 saturated carbocycles. The Morgan fingerprint density at radius 1 is 1.50 bits per heavy atom. The maximum atomic E-state index is 12.1. The Morgan fingerprint density at radius 3 is 2.95 bits per heavy atom. The summed E-state index contributed by atoms with van der Waals surface area (Å²) in [5.41, 5.74) is 0.910. The summed E-state index contributed by atoms with van der Waals surface area (Å²) in [7, 11) is 0. The van der Waals surface area contributed by atoms with Gasteiger partial charge in [-0.2, -0.15) is 5.10 Å². The van der Waals surface area contributed by atoms with Crippen molar-refractivity contribution in [3.05, 3.63) is 16.4 Å². The second kappa shape index (κ2) is 5.88. The largest absolute Gasteiger partial charge is 0.350 e. The summed E-state index contributed by atoms with van der Waals surface area (Å²) in [6, 6.07) is 0. The van der Waals surface area contributed by atoms with Gasteiger partial charge in [0.15, 0.2) is 0 Å². The summed E-state index contributed by atoms with van der Waals surface area (Å²) in [6.45, 7) is 3.42. The van der Waals surface area contributed by atoms with Crippen LogP contribution in [0.15, 0.2) is 10.7 Å². The molecule has 2 fully saturated rings. The molecule has 2 aliphatic rings. The zero-order valence-corrected chi connectivity index (χ0v) is 13.5. The van der Waals surface area contributed by atoms with E-state index in [1.807, 2.05) is 10.9 Å². The number of aromatic nitrogens is 2. The smallest absolute Gasteiger partial charge is 0.220 e. The second-order valence-corrected chi connectivity index (χ2v) is 7.05. The number of carbonyl (C=O) groups is 1. The highest BCUT2D eigenvalue weighted by Crippen LogP contribution is 2.49. The number of halogens is 1. The summed E-state index contributed by atoms with van der Waals surface area (Å²) in [5.74, 6) is 2.54. The zero-order chi connectivity index (χ0) is 14.1. The average molecular weight is 340 g/mol. The highest BCUT2D eigenvalue weighted by atomic mass is 79.9. The molecule has 1 aromatic rings. The molecule has 0 saturated heterocycles. The van der Waals surface area contributed by atoms with E-state index in [1.165, 1.54) is 25.7 Å². The van der Waals surface area contributed by atoms with Crippen LogP contribution in [0, 0.1) is 17.8 Å². The van der Waals surface area contributed by atoms with Crippen LogP contribution in [-0.2, 0) is 17.9 Å². The molecule has 3 rings (SSSR count). The Kier molecular flexibility index (Phi) is 4.15.